The number of benzene rings is 5. The zero-order valence-corrected chi connectivity index (χ0v) is 21.0. The second-order valence-corrected chi connectivity index (χ2v) is 10.8. The Bertz CT molecular complexity index is 1800. The highest BCUT2D eigenvalue weighted by Gasteiger charge is 2.52. The smallest absolute Gasteiger partial charge is 0.455 e. The van der Waals surface area contributed by atoms with Gasteiger partial charge in [-0.2, -0.15) is 0 Å². The van der Waals surface area contributed by atoms with E-state index in [9.17, 15) is 0 Å². The summed E-state index contributed by atoms with van der Waals surface area (Å²) in [4.78, 5) is 0. The Morgan fingerprint density at radius 1 is 0.556 bits per heavy atom. The molecule has 2 heterocycles. The van der Waals surface area contributed by atoms with Gasteiger partial charge in [0.05, 0.1) is 11.2 Å². The summed E-state index contributed by atoms with van der Waals surface area (Å²) in [7, 11) is -0.396. The van der Waals surface area contributed by atoms with Gasteiger partial charge in [0.15, 0.2) is 0 Å². The molecule has 0 unspecified atom stereocenters. The lowest BCUT2D eigenvalue weighted by molar-refractivity contribution is 0.00578. The summed E-state index contributed by atoms with van der Waals surface area (Å²) in [6, 6.07) is 32.2. The van der Waals surface area contributed by atoms with E-state index >= 15 is 0 Å². The molecule has 0 atom stereocenters. The lowest BCUT2D eigenvalue weighted by atomic mass is 9.75. The van der Waals surface area contributed by atoms with Gasteiger partial charge < -0.3 is 13.7 Å². The van der Waals surface area contributed by atoms with E-state index in [0.29, 0.717) is 0 Å². The van der Waals surface area contributed by atoms with Crippen LogP contribution in [0.4, 0.5) is 0 Å². The van der Waals surface area contributed by atoms with Crippen molar-refractivity contribution < 1.29 is 13.7 Å². The molecular formula is C32H27BO3. The summed E-state index contributed by atoms with van der Waals surface area (Å²) >= 11 is 0. The fraction of sp³-hybridized carbons (Fsp3) is 0.188. The molecule has 3 nitrogen and oxygen atoms in total. The molecule has 1 aromatic heterocycles. The van der Waals surface area contributed by atoms with Crippen LogP contribution in [0.1, 0.15) is 27.7 Å². The van der Waals surface area contributed by atoms with E-state index in [2.05, 4.69) is 107 Å². The fourth-order valence-electron chi connectivity index (χ4n) is 5.34. The number of rotatable bonds is 2. The number of fused-ring (bicyclic) bond motifs is 6. The minimum atomic E-state index is -0.396. The van der Waals surface area contributed by atoms with Crippen LogP contribution in [0.5, 0.6) is 0 Å². The molecule has 36 heavy (non-hydrogen) atoms. The standard InChI is InChI=1S/C32H27BO3/c1-31(2)32(3,4)36-33(35-31)28-10-7-8-20-12-13-22(19-27(20)28)21-14-16-24-23(18-21)15-17-26-25-9-5-6-11-29(25)34-30(24)26/h5-19H,1-4H3. The van der Waals surface area contributed by atoms with Gasteiger partial charge in [-0.3, -0.25) is 0 Å². The number of para-hydroxylation sites is 1. The molecule has 0 N–H and O–H groups in total. The Labute approximate surface area is 210 Å². The van der Waals surface area contributed by atoms with Gasteiger partial charge in [0.2, 0.25) is 0 Å². The number of hydrogen-bond donors (Lipinski definition) is 0. The number of hydrogen-bond acceptors (Lipinski definition) is 3. The van der Waals surface area contributed by atoms with E-state index in [1.54, 1.807) is 0 Å². The summed E-state index contributed by atoms with van der Waals surface area (Å²) in [5.74, 6) is 0. The van der Waals surface area contributed by atoms with E-state index in [4.69, 9.17) is 13.7 Å². The first-order chi connectivity index (χ1) is 17.3. The summed E-state index contributed by atoms with van der Waals surface area (Å²) in [5, 5.41) is 6.94. The molecule has 0 amide bonds. The second kappa shape index (κ2) is 7.46. The Balaban J connectivity index is 1.35. The molecular weight excluding hydrogens is 443 g/mol. The van der Waals surface area contributed by atoms with Gasteiger partial charge in [-0.15, -0.1) is 0 Å². The molecule has 5 aromatic carbocycles. The SMILES string of the molecule is CC1(C)OB(c2cccc3ccc(-c4ccc5c(ccc6c7ccccc7oc56)c4)cc23)OC1(C)C. The second-order valence-electron chi connectivity index (χ2n) is 10.8. The van der Waals surface area contributed by atoms with Crippen LogP contribution < -0.4 is 5.46 Å². The van der Waals surface area contributed by atoms with E-state index in [-0.39, 0.29) is 11.2 Å². The molecule has 4 heteroatoms. The zero-order chi connectivity index (χ0) is 24.7. The third kappa shape index (κ3) is 3.15. The predicted octanol–water partition coefficient (Wildman–Crippen LogP) is 7.86. The summed E-state index contributed by atoms with van der Waals surface area (Å²) in [6.45, 7) is 8.38. The van der Waals surface area contributed by atoms with Crippen molar-refractivity contribution in [2.75, 3.05) is 0 Å². The Morgan fingerprint density at radius 2 is 1.25 bits per heavy atom. The van der Waals surface area contributed by atoms with Crippen LogP contribution >= 0.6 is 0 Å². The van der Waals surface area contributed by atoms with E-state index in [1.165, 1.54) is 16.3 Å². The average molecular weight is 470 g/mol. The Kier molecular flexibility index (Phi) is 4.49. The first-order valence-electron chi connectivity index (χ1n) is 12.5. The van der Waals surface area contributed by atoms with Crippen molar-refractivity contribution in [3.8, 4) is 11.1 Å². The maximum Gasteiger partial charge on any atom is 0.495 e. The summed E-state index contributed by atoms with van der Waals surface area (Å²) in [6.07, 6.45) is 0. The maximum absolute atomic E-state index is 6.39. The van der Waals surface area contributed by atoms with Crippen molar-refractivity contribution >= 4 is 56.1 Å². The van der Waals surface area contributed by atoms with Crippen molar-refractivity contribution in [1.82, 2.24) is 0 Å². The molecule has 1 aliphatic rings. The Hall–Kier alpha value is -3.60. The topological polar surface area (TPSA) is 31.6 Å². The minimum absolute atomic E-state index is 0.377. The lowest BCUT2D eigenvalue weighted by Gasteiger charge is -2.32. The molecule has 1 fully saturated rings. The molecule has 1 saturated heterocycles. The molecule has 176 valence electrons. The largest absolute Gasteiger partial charge is 0.495 e. The highest BCUT2D eigenvalue weighted by Crippen LogP contribution is 2.38. The molecule has 0 spiro atoms. The molecule has 0 bridgehead atoms. The van der Waals surface area contributed by atoms with Gasteiger partial charge in [0.25, 0.3) is 0 Å². The van der Waals surface area contributed by atoms with Gasteiger partial charge in [0, 0.05) is 16.2 Å². The third-order valence-corrected chi connectivity index (χ3v) is 8.12. The van der Waals surface area contributed by atoms with Crippen LogP contribution in [0, 0.1) is 0 Å². The van der Waals surface area contributed by atoms with Crippen LogP contribution in [-0.4, -0.2) is 18.3 Å². The first kappa shape index (κ1) is 21.7. The van der Waals surface area contributed by atoms with E-state index in [0.717, 1.165) is 43.7 Å². The maximum atomic E-state index is 6.39. The highest BCUT2D eigenvalue weighted by atomic mass is 16.7. The van der Waals surface area contributed by atoms with Gasteiger partial charge in [-0.1, -0.05) is 60.7 Å². The average Bonchev–Trinajstić information content (AvgIpc) is 3.36. The number of furan rings is 1. The van der Waals surface area contributed by atoms with Crippen molar-refractivity contribution in [1.29, 1.82) is 0 Å². The van der Waals surface area contributed by atoms with Crippen LogP contribution in [0.2, 0.25) is 0 Å². The van der Waals surface area contributed by atoms with E-state index in [1.807, 2.05) is 12.1 Å². The molecule has 1 aliphatic heterocycles. The monoisotopic (exact) mass is 470 g/mol. The van der Waals surface area contributed by atoms with Gasteiger partial charge in [0.1, 0.15) is 11.2 Å². The first-order valence-corrected chi connectivity index (χ1v) is 12.5. The third-order valence-electron chi connectivity index (χ3n) is 8.12. The molecule has 0 saturated carbocycles. The fourth-order valence-corrected chi connectivity index (χ4v) is 5.34. The van der Waals surface area contributed by atoms with E-state index < -0.39 is 7.12 Å². The van der Waals surface area contributed by atoms with Gasteiger partial charge in [-0.25, -0.2) is 0 Å². The van der Waals surface area contributed by atoms with Crippen LogP contribution in [-0.2, 0) is 9.31 Å². The normalized spacial score (nSPS) is 17.1. The van der Waals surface area contributed by atoms with Crippen LogP contribution in [0.25, 0.3) is 54.6 Å². The molecule has 0 aliphatic carbocycles. The van der Waals surface area contributed by atoms with Gasteiger partial charge >= 0.3 is 7.12 Å². The minimum Gasteiger partial charge on any atom is -0.455 e. The molecule has 0 radical (unpaired) electrons. The van der Waals surface area contributed by atoms with Crippen LogP contribution in [0.15, 0.2) is 95.4 Å². The van der Waals surface area contributed by atoms with Crippen molar-refractivity contribution in [2.24, 2.45) is 0 Å². The van der Waals surface area contributed by atoms with Crippen molar-refractivity contribution in [3.63, 3.8) is 0 Å². The summed E-state index contributed by atoms with van der Waals surface area (Å²) in [5.41, 5.74) is 4.52. The highest BCUT2D eigenvalue weighted by molar-refractivity contribution is 6.65. The zero-order valence-electron chi connectivity index (χ0n) is 21.0. The quantitative estimate of drug-likeness (QED) is 0.242. The lowest BCUT2D eigenvalue weighted by Crippen LogP contribution is -2.41. The van der Waals surface area contributed by atoms with Gasteiger partial charge in [-0.05, 0) is 90.8 Å². The Morgan fingerprint density at radius 3 is 2.08 bits per heavy atom. The summed E-state index contributed by atoms with van der Waals surface area (Å²) < 4.78 is 19.0. The van der Waals surface area contributed by atoms with Crippen LogP contribution in [0.3, 0.4) is 0 Å². The van der Waals surface area contributed by atoms with Crippen molar-refractivity contribution in [3.05, 3.63) is 91.0 Å². The predicted molar refractivity (Wildman–Crippen MR) is 150 cm³/mol. The molecule has 7 rings (SSSR count). The van der Waals surface area contributed by atoms with Crippen molar-refractivity contribution in [2.45, 2.75) is 38.9 Å². The molecule has 6 aromatic rings.